The molecule has 7 heteroatoms. The third kappa shape index (κ3) is 4.56. The van der Waals surface area contributed by atoms with Crippen LogP contribution in [0.15, 0.2) is 16.9 Å². The third-order valence-corrected chi connectivity index (χ3v) is 4.70. The first kappa shape index (κ1) is 17.0. The van der Waals surface area contributed by atoms with Gasteiger partial charge in [0, 0.05) is 25.2 Å². The molecule has 1 saturated heterocycles. The van der Waals surface area contributed by atoms with Crippen LogP contribution in [0.3, 0.4) is 0 Å². The van der Waals surface area contributed by atoms with Crippen molar-refractivity contribution in [1.29, 1.82) is 0 Å². The van der Waals surface area contributed by atoms with Crippen LogP contribution >= 0.6 is 0 Å². The lowest BCUT2D eigenvalue weighted by atomic mass is 10.1. The Balaban J connectivity index is 1.62. The van der Waals surface area contributed by atoms with Gasteiger partial charge in [-0.3, -0.25) is 9.59 Å². The number of hydrogen-bond acceptors (Lipinski definition) is 5. The average molecular weight is 334 g/mol. The minimum absolute atomic E-state index is 0.0203. The zero-order chi connectivity index (χ0) is 16.8. The van der Waals surface area contributed by atoms with E-state index >= 15 is 0 Å². The van der Waals surface area contributed by atoms with Crippen LogP contribution in [-0.2, 0) is 16.1 Å². The summed E-state index contributed by atoms with van der Waals surface area (Å²) in [5.74, 6) is 0.593. The molecule has 0 spiro atoms. The van der Waals surface area contributed by atoms with Crippen molar-refractivity contribution in [2.24, 2.45) is 0 Å². The van der Waals surface area contributed by atoms with Crippen LogP contribution in [0.25, 0.3) is 0 Å². The van der Waals surface area contributed by atoms with Crippen molar-refractivity contribution < 1.29 is 9.53 Å². The van der Waals surface area contributed by atoms with Gasteiger partial charge in [-0.1, -0.05) is 25.7 Å². The highest BCUT2D eigenvalue weighted by atomic mass is 16.5. The SMILES string of the molecule is O=C(Cn1nc(N2CCOCC2)ccc1=O)NC1CCCCCC1. The molecule has 0 aromatic carbocycles. The van der Waals surface area contributed by atoms with E-state index in [0.29, 0.717) is 13.2 Å². The Kier molecular flexibility index (Phi) is 5.85. The van der Waals surface area contributed by atoms with Gasteiger partial charge in [0.15, 0.2) is 0 Å². The second kappa shape index (κ2) is 8.28. The Morgan fingerprint density at radius 3 is 2.58 bits per heavy atom. The number of anilines is 1. The van der Waals surface area contributed by atoms with Gasteiger partial charge in [-0.2, -0.15) is 5.10 Å². The van der Waals surface area contributed by atoms with Gasteiger partial charge in [-0.05, 0) is 18.9 Å². The van der Waals surface area contributed by atoms with E-state index in [1.807, 2.05) is 0 Å². The van der Waals surface area contributed by atoms with Gasteiger partial charge < -0.3 is 15.0 Å². The fraction of sp³-hybridized carbons (Fsp3) is 0.706. The summed E-state index contributed by atoms with van der Waals surface area (Å²) in [5, 5.41) is 7.42. The molecule has 24 heavy (non-hydrogen) atoms. The molecule has 2 heterocycles. The van der Waals surface area contributed by atoms with Gasteiger partial charge in [0.2, 0.25) is 5.91 Å². The molecular formula is C17H26N4O3. The molecule has 0 unspecified atom stereocenters. The molecule has 1 aliphatic heterocycles. The standard InChI is InChI=1S/C17H26N4O3/c22-16(18-14-5-3-1-2-4-6-14)13-21-17(23)8-7-15(19-21)20-9-11-24-12-10-20/h7-8,14H,1-6,9-13H2,(H,18,22). The van der Waals surface area contributed by atoms with Crippen molar-refractivity contribution in [1.82, 2.24) is 15.1 Å². The number of carbonyl (C=O) groups is 1. The van der Waals surface area contributed by atoms with Gasteiger partial charge >= 0.3 is 0 Å². The topological polar surface area (TPSA) is 76.5 Å². The van der Waals surface area contributed by atoms with Crippen molar-refractivity contribution in [3.8, 4) is 0 Å². The lowest BCUT2D eigenvalue weighted by Gasteiger charge is -2.27. The minimum atomic E-state index is -0.247. The molecule has 0 radical (unpaired) electrons. The number of ether oxygens (including phenoxy) is 1. The van der Waals surface area contributed by atoms with E-state index in [0.717, 1.165) is 44.6 Å². The second-order valence-corrected chi connectivity index (χ2v) is 6.54. The highest BCUT2D eigenvalue weighted by molar-refractivity contribution is 5.75. The van der Waals surface area contributed by atoms with Gasteiger partial charge in [0.05, 0.1) is 13.2 Å². The van der Waals surface area contributed by atoms with Crippen molar-refractivity contribution in [2.75, 3.05) is 31.2 Å². The fourth-order valence-corrected chi connectivity index (χ4v) is 3.35. The lowest BCUT2D eigenvalue weighted by Crippen LogP contribution is -2.41. The quantitative estimate of drug-likeness (QED) is 0.829. The Morgan fingerprint density at radius 1 is 1.17 bits per heavy atom. The first-order valence-corrected chi connectivity index (χ1v) is 8.92. The lowest BCUT2D eigenvalue weighted by molar-refractivity contribution is -0.122. The van der Waals surface area contributed by atoms with Crippen LogP contribution in [0.2, 0.25) is 0 Å². The van der Waals surface area contributed by atoms with E-state index < -0.39 is 0 Å². The molecule has 1 aromatic heterocycles. The van der Waals surface area contributed by atoms with Crippen LogP contribution in [0.5, 0.6) is 0 Å². The van der Waals surface area contributed by atoms with Gasteiger partial charge in [-0.25, -0.2) is 4.68 Å². The fourth-order valence-electron chi connectivity index (χ4n) is 3.35. The molecule has 132 valence electrons. The molecule has 1 aliphatic carbocycles. The normalized spacial score (nSPS) is 19.8. The molecule has 3 rings (SSSR count). The predicted octanol–water partition coefficient (Wildman–Crippen LogP) is 0.919. The molecule has 1 N–H and O–H groups in total. The smallest absolute Gasteiger partial charge is 0.267 e. The number of morpholine rings is 1. The molecule has 1 amide bonds. The summed E-state index contributed by atoms with van der Waals surface area (Å²) in [5.41, 5.74) is -0.247. The summed E-state index contributed by atoms with van der Waals surface area (Å²) in [4.78, 5) is 26.4. The zero-order valence-corrected chi connectivity index (χ0v) is 14.1. The summed E-state index contributed by atoms with van der Waals surface area (Å²) in [7, 11) is 0. The van der Waals surface area contributed by atoms with E-state index in [4.69, 9.17) is 4.74 Å². The molecule has 1 aromatic rings. The van der Waals surface area contributed by atoms with Crippen LogP contribution in [-0.4, -0.2) is 48.0 Å². The number of aromatic nitrogens is 2. The van der Waals surface area contributed by atoms with Crippen molar-refractivity contribution in [2.45, 2.75) is 51.1 Å². The summed E-state index contributed by atoms with van der Waals surface area (Å²) in [6, 6.07) is 3.43. The first-order chi connectivity index (χ1) is 11.7. The number of rotatable bonds is 4. The summed E-state index contributed by atoms with van der Waals surface area (Å²) in [6.07, 6.45) is 6.87. The summed E-state index contributed by atoms with van der Waals surface area (Å²) < 4.78 is 6.59. The van der Waals surface area contributed by atoms with Crippen molar-refractivity contribution in [3.63, 3.8) is 0 Å². The Morgan fingerprint density at radius 2 is 1.88 bits per heavy atom. The van der Waals surface area contributed by atoms with Gasteiger partial charge in [0.25, 0.3) is 5.56 Å². The van der Waals surface area contributed by atoms with Crippen molar-refractivity contribution in [3.05, 3.63) is 22.5 Å². The maximum absolute atomic E-state index is 12.3. The second-order valence-electron chi connectivity index (χ2n) is 6.54. The molecule has 2 aliphatic rings. The predicted molar refractivity (Wildman–Crippen MR) is 91.2 cm³/mol. The highest BCUT2D eigenvalue weighted by Crippen LogP contribution is 2.17. The van der Waals surface area contributed by atoms with E-state index in [1.165, 1.54) is 23.6 Å². The minimum Gasteiger partial charge on any atom is -0.378 e. The largest absolute Gasteiger partial charge is 0.378 e. The Hall–Kier alpha value is -1.89. The van der Waals surface area contributed by atoms with Crippen molar-refractivity contribution >= 4 is 11.7 Å². The Bertz CT molecular complexity index is 602. The maximum atomic E-state index is 12.3. The molecule has 2 fully saturated rings. The van der Waals surface area contributed by atoms with Crippen LogP contribution in [0.1, 0.15) is 38.5 Å². The Labute approximate surface area is 142 Å². The van der Waals surface area contributed by atoms with Gasteiger partial charge in [0.1, 0.15) is 12.4 Å². The summed E-state index contributed by atoms with van der Waals surface area (Å²) >= 11 is 0. The number of amides is 1. The molecule has 1 saturated carbocycles. The van der Waals surface area contributed by atoms with E-state index in [-0.39, 0.29) is 24.1 Å². The molecule has 7 nitrogen and oxygen atoms in total. The highest BCUT2D eigenvalue weighted by Gasteiger charge is 2.17. The number of nitrogens with one attached hydrogen (secondary N) is 1. The first-order valence-electron chi connectivity index (χ1n) is 8.92. The number of carbonyl (C=O) groups excluding carboxylic acids is 1. The van der Waals surface area contributed by atoms with Crippen LogP contribution in [0, 0.1) is 0 Å². The number of nitrogens with zero attached hydrogens (tertiary/aromatic N) is 3. The summed E-state index contributed by atoms with van der Waals surface area (Å²) in [6.45, 7) is 2.79. The average Bonchev–Trinajstić information content (AvgIpc) is 2.86. The van der Waals surface area contributed by atoms with Gasteiger partial charge in [-0.15, -0.1) is 0 Å². The number of hydrogen-bond donors (Lipinski definition) is 1. The van der Waals surface area contributed by atoms with E-state index in [1.54, 1.807) is 6.07 Å². The van der Waals surface area contributed by atoms with Crippen LogP contribution < -0.4 is 15.8 Å². The van der Waals surface area contributed by atoms with Crippen LogP contribution in [0.4, 0.5) is 5.82 Å². The van der Waals surface area contributed by atoms with E-state index in [9.17, 15) is 9.59 Å². The molecular weight excluding hydrogens is 308 g/mol. The third-order valence-electron chi connectivity index (χ3n) is 4.70. The maximum Gasteiger partial charge on any atom is 0.267 e. The van der Waals surface area contributed by atoms with E-state index in [2.05, 4.69) is 15.3 Å². The molecule has 0 bridgehead atoms. The zero-order valence-electron chi connectivity index (χ0n) is 14.1. The monoisotopic (exact) mass is 334 g/mol. The molecule has 0 atom stereocenters.